The summed E-state index contributed by atoms with van der Waals surface area (Å²) in [6.45, 7) is 6.99. The van der Waals surface area contributed by atoms with Crippen LogP contribution in [0.2, 0.25) is 0 Å². The van der Waals surface area contributed by atoms with E-state index in [2.05, 4.69) is 5.32 Å². The molecular formula is C12H24N2O4. The van der Waals surface area contributed by atoms with Crippen molar-refractivity contribution in [1.82, 2.24) is 10.2 Å². The van der Waals surface area contributed by atoms with Crippen LogP contribution in [-0.2, 0) is 4.79 Å². The van der Waals surface area contributed by atoms with E-state index in [0.717, 1.165) is 0 Å². The van der Waals surface area contributed by atoms with E-state index in [1.54, 1.807) is 13.8 Å². The highest BCUT2D eigenvalue weighted by Crippen LogP contribution is 2.12. The number of rotatable bonds is 6. The highest BCUT2D eigenvalue weighted by Gasteiger charge is 2.29. The van der Waals surface area contributed by atoms with Gasteiger partial charge in [-0.25, -0.2) is 9.59 Å². The third kappa shape index (κ3) is 4.91. The molecule has 0 radical (unpaired) electrons. The number of hydrogen-bond acceptors (Lipinski definition) is 3. The summed E-state index contributed by atoms with van der Waals surface area (Å²) in [5.74, 6) is -0.880. The lowest BCUT2D eigenvalue weighted by molar-refractivity contribution is -0.139. The molecule has 6 heteroatoms. The van der Waals surface area contributed by atoms with Gasteiger partial charge in [0.1, 0.15) is 6.04 Å². The van der Waals surface area contributed by atoms with Crippen molar-refractivity contribution in [2.45, 2.75) is 45.7 Å². The third-order valence-electron chi connectivity index (χ3n) is 2.90. The first kappa shape index (κ1) is 16.7. The minimum absolute atomic E-state index is 0.169. The van der Waals surface area contributed by atoms with Gasteiger partial charge < -0.3 is 20.4 Å². The van der Waals surface area contributed by atoms with Crippen LogP contribution in [0.4, 0.5) is 4.79 Å². The Hall–Kier alpha value is -1.30. The molecule has 0 rings (SSSR count). The van der Waals surface area contributed by atoms with Gasteiger partial charge in [0.15, 0.2) is 0 Å². The first-order valence-corrected chi connectivity index (χ1v) is 5.99. The van der Waals surface area contributed by atoms with Gasteiger partial charge in [-0.2, -0.15) is 0 Å². The normalized spacial score (nSPS) is 13.3. The lowest BCUT2D eigenvalue weighted by atomic mass is 10.0. The second-order valence-corrected chi connectivity index (χ2v) is 5.50. The summed E-state index contributed by atoms with van der Waals surface area (Å²) in [7, 11) is 1.53. The molecule has 0 aromatic carbocycles. The average Bonchev–Trinajstić information content (AvgIpc) is 2.26. The first-order chi connectivity index (χ1) is 8.11. The summed E-state index contributed by atoms with van der Waals surface area (Å²) in [6, 6.07) is -1.41. The average molecular weight is 260 g/mol. The molecule has 0 aliphatic carbocycles. The number of carbonyl (C=O) groups excluding carboxylic acids is 1. The van der Waals surface area contributed by atoms with E-state index in [0.29, 0.717) is 6.42 Å². The van der Waals surface area contributed by atoms with Gasteiger partial charge in [0, 0.05) is 7.05 Å². The molecular weight excluding hydrogens is 236 g/mol. The standard InChI is InChI=1S/C12H24N2O4/c1-8(2)6-9(10(16)17)13-11(18)14(5)12(3,4)7-15/h8-9,15H,6-7H2,1-5H3,(H,13,18)(H,16,17)/t9-/m1/s1. The number of likely N-dealkylation sites (N-methyl/N-ethyl adjacent to an activating group) is 1. The summed E-state index contributed by atoms with van der Waals surface area (Å²) in [6.07, 6.45) is 0.370. The molecule has 0 aromatic rings. The van der Waals surface area contributed by atoms with E-state index in [1.807, 2.05) is 13.8 Å². The molecule has 2 amide bonds. The van der Waals surface area contributed by atoms with Crippen LogP contribution in [0.25, 0.3) is 0 Å². The molecule has 0 unspecified atom stereocenters. The monoisotopic (exact) mass is 260 g/mol. The van der Waals surface area contributed by atoms with Crippen LogP contribution in [0.3, 0.4) is 0 Å². The fourth-order valence-electron chi connectivity index (χ4n) is 1.32. The number of aliphatic carboxylic acids is 1. The summed E-state index contributed by atoms with van der Waals surface area (Å²) < 4.78 is 0. The van der Waals surface area contributed by atoms with Gasteiger partial charge in [-0.15, -0.1) is 0 Å². The second-order valence-electron chi connectivity index (χ2n) is 5.50. The van der Waals surface area contributed by atoms with Gasteiger partial charge in [0.2, 0.25) is 0 Å². The molecule has 1 atom stereocenters. The SMILES string of the molecule is CC(C)C[C@@H](NC(=O)N(C)C(C)(C)CO)C(=O)O. The fraction of sp³-hybridized carbons (Fsp3) is 0.833. The van der Waals surface area contributed by atoms with E-state index in [4.69, 9.17) is 10.2 Å². The van der Waals surface area contributed by atoms with E-state index in [9.17, 15) is 9.59 Å². The summed E-state index contributed by atoms with van der Waals surface area (Å²) in [5, 5.41) is 20.7. The molecule has 0 saturated heterocycles. The van der Waals surface area contributed by atoms with Gasteiger partial charge in [0.25, 0.3) is 0 Å². The number of nitrogens with one attached hydrogen (secondary N) is 1. The molecule has 18 heavy (non-hydrogen) atoms. The van der Waals surface area contributed by atoms with Crippen LogP contribution in [0, 0.1) is 5.92 Å². The fourth-order valence-corrected chi connectivity index (χ4v) is 1.32. The number of hydrogen-bond donors (Lipinski definition) is 3. The number of carboxylic acid groups (broad SMARTS) is 1. The highest BCUT2D eigenvalue weighted by molar-refractivity contribution is 5.82. The smallest absolute Gasteiger partial charge is 0.326 e. The van der Waals surface area contributed by atoms with Crippen LogP contribution >= 0.6 is 0 Å². The van der Waals surface area contributed by atoms with Crippen molar-refractivity contribution in [1.29, 1.82) is 0 Å². The van der Waals surface area contributed by atoms with Crippen molar-refractivity contribution in [3.8, 4) is 0 Å². The van der Waals surface area contributed by atoms with E-state index in [1.165, 1.54) is 11.9 Å². The largest absolute Gasteiger partial charge is 0.480 e. The van der Waals surface area contributed by atoms with Crippen molar-refractivity contribution in [2.24, 2.45) is 5.92 Å². The number of aliphatic hydroxyl groups is 1. The maximum absolute atomic E-state index is 11.9. The number of nitrogens with zero attached hydrogens (tertiary/aromatic N) is 1. The molecule has 3 N–H and O–H groups in total. The molecule has 0 heterocycles. The number of carbonyl (C=O) groups is 2. The summed E-state index contributed by atoms with van der Waals surface area (Å²) in [4.78, 5) is 24.2. The van der Waals surface area contributed by atoms with Gasteiger partial charge in [0.05, 0.1) is 12.1 Å². The molecule has 106 valence electrons. The third-order valence-corrected chi connectivity index (χ3v) is 2.90. The van der Waals surface area contributed by atoms with Crippen molar-refractivity contribution in [2.75, 3.05) is 13.7 Å². The Morgan fingerprint density at radius 2 is 1.83 bits per heavy atom. The number of urea groups is 1. The van der Waals surface area contributed by atoms with Crippen LogP contribution < -0.4 is 5.32 Å². The Balaban J connectivity index is 4.65. The zero-order valence-electron chi connectivity index (χ0n) is 11.7. The molecule has 0 spiro atoms. The minimum atomic E-state index is -1.05. The second kappa shape index (κ2) is 6.58. The van der Waals surface area contributed by atoms with Gasteiger partial charge >= 0.3 is 12.0 Å². The Kier molecular flexibility index (Phi) is 6.11. The molecule has 6 nitrogen and oxygen atoms in total. The Morgan fingerprint density at radius 3 is 2.17 bits per heavy atom. The predicted molar refractivity (Wildman–Crippen MR) is 68.3 cm³/mol. The molecule has 0 saturated carbocycles. The van der Waals surface area contributed by atoms with E-state index >= 15 is 0 Å². The zero-order valence-corrected chi connectivity index (χ0v) is 11.7. The van der Waals surface area contributed by atoms with Crippen molar-refractivity contribution in [3.05, 3.63) is 0 Å². The molecule has 0 fully saturated rings. The van der Waals surface area contributed by atoms with Gasteiger partial charge in [-0.3, -0.25) is 0 Å². The maximum atomic E-state index is 11.9. The first-order valence-electron chi connectivity index (χ1n) is 5.99. The number of carboxylic acids is 1. The van der Waals surface area contributed by atoms with E-state index in [-0.39, 0.29) is 12.5 Å². The number of amides is 2. The van der Waals surface area contributed by atoms with Gasteiger partial charge in [-0.1, -0.05) is 13.8 Å². The quantitative estimate of drug-likeness (QED) is 0.662. The zero-order chi connectivity index (χ0) is 14.5. The molecule has 0 aromatic heterocycles. The van der Waals surface area contributed by atoms with Crippen molar-refractivity contribution in [3.63, 3.8) is 0 Å². The van der Waals surface area contributed by atoms with Crippen LogP contribution in [0.1, 0.15) is 34.1 Å². The van der Waals surface area contributed by atoms with Crippen LogP contribution in [0.15, 0.2) is 0 Å². The van der Waals surface area contributed by atoms with Crippen LogP contribution in [-0.4, -0.2) is 52.3 Å². The Morgan fingerprint density at radius 1 is 1.33 bits per heavy atom. The van der Waals surface area contributed by atoms with Crippen molar-refractivity contribution >= 4 is 12.0 Å². The summed E-state index contributed by atoms with van der Waals surface area (Å²) in [5.41, 5.74) is -0.731. The molecule has 0 bridgehead atoms. The minimum Gasteiger partial charge on any atom is -0.480 e. The maximum Gasteiger partial charge on any atom is 0.326 e. The van der Waals surface area contributed by atoms with Crippen molar-refractivity contribution < 1.29 is 19.8 Å². The Labute approximate surface area is 108 Å². The highest BCUT2D eigenvalue weighted by atomic mass is 16.4. The van der Waals surface area contributed by atoms with Crippen LogP contribution in [0.5, 0.6) is 0 Å². The molecule has 0 aliphatic rings. The van der Waals surface area contributed by atoms with E-state index < -0.39 is 23.6 Å². The predicted octanol–water partition coefficient (Wildman–Crippen LogP) is 0.898. The lowest BCUT2D eigenvalue weighted by Gasteiger charge is -2.34. The topological polar surface area (TPSA) is 89.9 Å². The Bertz CT molecular complexity index is 302. The number of aliphatic hydroxyl groups excluding tert-OH is 1. The van der Waals surface area contributed by atoms with Gasteiger partial charge in [-0.05, 0) is 26.2 Å². The molecule has 0 aliphatic heterocycles. The summed E-state index contributed by atoms with van der Waals surface area (Å²) >= 11 is 0. The lowest BCUT2D eigenvalue weighted by Crippen LogP contribution is -2.55.